The third-order valence-electron chi connectivity index (χ3n) is 4.70. The van der Waals surface area contributed by atoms with Crippen LogP contribution in [0.2, 0.25) is 0 Å². The zero-order valence-corrected chi connectivity index (χ0v) is 18.9. The first-order valence-electron chi connectivity index (χ1n) is 10.0. The average Bonchev–Trinajstić information content (AvgIpc) is 3.16. The molecule has 11 heteroatoms. The molecule has 0 spiro atoms. The van der Waals surface area contributed by atoms with Gasteiger partial charge in [0.15, 0.2) is 0 Å². The van der Waals surface area contributed by atoms with Crippen molar-refractivity contribution in [2.75, 3.05) is 26.0 Å². The van der Waals surface area contributed by atoms with E-state index in [-0.39, 0.29) is 23.8 Å². The van der Waals surface area contributed by atoms with Crippen LogP contribution in [0.1, 0.15) is 30.1 Å². The van der Waals surface area contributed by atoms with E-state index >= 15 is 0 Å². The number of nitrogens with one attached hydrogen (secondary N) is 1. The van der Waals surface area contributed by atoms with Gasteiger partial charge in [-0.1, -0.05) is 11.3 Å². The molecule has 0 saturated heterocycles. The second kappa shape index (κ2) is 9.88. The largest absolute Gasteiger partial charge is 0.462 e. The van der Waals surface area contributed by atoms with Gasteiger partial charge >= 0.3 is 5.97 Å². The zero-order chi connectivity index (χ0) is 23.3. The predicted molar refractivity (Wildman–Crippen MR) is 119 cm³/mol. The summed E-state index contributed by atoms with van der Waals surface area (Å²) in [6, 6.07) is 11.2. The number of amides is 1. The molecule has 0 bridgehead atoms. The number of carbonyl (C=O) groups excluding carboxylic acids is 2. The SMILES string of the molecule is CCOC(=O)c1cccc(NC(=O)CCCn2nnc3cc(S(=O)(=O)N(C)C)ccc32)c1. The lowest BCUT2D eigenvalue weighted by Crippen LogP contribution is -2.22. The predicted octanol–water partition coefficient (Wildman–Crippen LogP) is 2.28. The molecule has 0 fully saturated rings. The minimum Gasteiger partial charge on any atom is -0.462 e. The Balaban J connectivity index is 1.59. The van der Waals surface area contributed by atoms with Crippen molar-refractivity contribution in [1.82, 2.24) is 19.3 Å². The van der Waals surface area contributed by atoms with Crippen molar-refractivity contribution in [3.05, 3.63) is 48.0 Å². The van der Waals surface area contributed by atoms with E-state index in [1.54, 1.807) is 41.9 Å². The second-order valence-electron chi connectivity index (χ2n) is 7.20. The van der Waals surface area contributed by atoms with E-state index in [2.05, 4.69) is 15.6 Å². The summed E-state index contributed by atoms with van der Waals surface area (Å²) in [6.07, 6.45) is 0.734. The van der Waals surface area contributed by atoms with Gasteiger partial charge in [-0.3, -0.25) is 4.79 Å². The molecular weight excluding hydrogens is 434 g/mol. The smallest absolute Gasteiger partial charge is 0.338 e. The number of sulfonamides is 1. The van der Waals surface area contributed by atoms with Gasteiger partial charge in [-0.15, -0.1) is 5.10 Å². The summed E-state index contributed by atoms with van der Waals surface area (Å²) in [4.78, 5) is 24.2. The molecule has 1 N–H and O–H groups in total. The van der Waals surface area contributed by atoms with E-state index in [9.17, 15) is 18.0 Å². The Morgan fingerprint density at radius 1 is 1.16 bits per heavy atom. The molecule has 1 heterocycles. The fourth-order valence-electron chi connectivity index (χ4n) is 3.04. The summed E-state index contributed by atoms with van der Waals surface area (Å²) in [5.41, 5.74) is 2.04. The molecule has 0 aliphatic carbocycles. The Bertz CT molecular complexity index is 1240. The number of carbonyl (C=O) groups is 2. The fraction of sp³-hybridized carbons (Fsp3) is 0.333. The van der Waals surface area contributed by atoms with Crippen LogP contribution in [0.25, 0.3) is 11.0 Å². The van der Waals surface area contributed by atoms with Crippen molar-refractivity contribution in [2.24, 2.45) is 0 Å². The molecular formula is C21H25N5O5S. The summed E-state index contributed by atoms with van der Waals surface area (Å²) >= 11 is 0. The Morgan fingerprint density at radius 2 is 1.94 bits per heavy atom. The molecule has 0 aliphatic rings. The summed E-state index contributed by atoms with van der Waals surface area (Å²) < 4.78 is 32.3. The normalized spacial score (nSPS) is 11.6. The van der Waals surface area contributed by atoms with Crippen LogP contribution in [0.5, 0.6) is 0 Å². The monoisotopic (exact) mass is 459 g/mol. The van der Waals surface area contributed by atoms with E-state index in [1.807, 2.05) is 0 Å². The summed E-state index contributed by atoms with van der Waals surface area (Å²) in [6.45, 7) is 2.44. The van der Waals surface area contributed by atoms with E-state index in [1.165, 1.54) is 26.2 Å². The Labute approximate surface area is 186 Å². The number of aryl methyl sites for hydroxylation is 1. The molecule has 3 rings (SSSR count). The van der Waals surface area contributed by atoms with Gasteiger partial charge in [0.05, 0.1) is 22.6 Å². The van der Waals surface area contributed by atoms with Gasteiger partial charge in [-0.05, 0) is 49.7 Å². The fourth-order valence-corrected chi connectivity index (χ4v) is 3.96. The first kappa shape index (κ1) is 23.4. The molecule has 0 atom stereocenters. The highest BCUT2D eigenvalue weighted by Gasteiger charge is 2.18. The molecule has 0 unspecified atom stereocenters. The van der Waals surface area contributed by atoms with Crippen LogP contribution in [0.3, 0.4) is 0 Å². The van der Waals surface area contributed by atoms with Crippen LogP contribution in [-0.2, 0) is 26.1 Å². The minimum atomic E-state index is -3.55. The van der Waals surface area contributed by atoms with Crippen LogP contribution in [0.15, 0.2) is 47.4 Å². The van der Waals surface area contributed by atoms with E-state index in [4.69, 9.17) is 4.74 Å². The van der Waals surface area contributed by atoms with Gasteiger partial charge < -0.3 is 10.1 Å². The number of benzene rings is 2. The molecule has 2 aromatic carbocycles. The second-order valence-corrected chi connectivity index (χ2v) is 9.36. The maximum absolute atomic E-state index is 12.3. The summed E-state index contributed by atoms with van der Waals surface area (Å²) in [5, 5.41) is 10.9. The maximum Gasteiger partial charge on any atom is 0.338 e. The molecule has 0 aliphatic heterocycles. The third-order valence-corrected chi connectivity index (χ3v) is 6.51. The number of aromatic nitrogens is 3. The highest BCUT2D eigenvalue weighted by molar-refractivity contribution is 7.89. The van der Waals surface area contributed by atoms with Crippen LogP contribution < -0.4 is 5.32 Å². The van der Waals surface area contributed by atoms with Crippen LogP contribution in [0.4, 0.5) is 5.69 Å². The summed E-state index contributed by atoms with van der Waals surface area (Å²) in [5.74, 6) is -0.641. The van der Waals surface area contributed by atoms with Crippen molar-refractivity contribution < 1.29 is 22.7 Å². The molecule has 1 aromatic heterocycles. The van der Waals surface area contributed by atoms with E-state index < -0.39 is 16.0 Å². The quantitative estimate of drug-likeness (QED) is 0.487. The number of anilines is 1. The zero-order valence-electron chi connectivity index (χ0n) is 18.1. The van der Waals surface area contributed by atoms with Crippen LogP contribution in [0, 0.1) is 0 Å². The lowest BCUT2D eigenvalue weighted by molar-refractivity contribution is -0.116. The van der Waals surface area contributed by atoms with E-state index in [0.717, 1.165) is 4.31 Å². The van der Waals surface area contributed by atoms with Crippen molar-refractivity contribution in [2.45, 2.75) is 31.2 Å². The molecule has 0 saturated carbocycles. The van der Waals surface area contributed by atoms with Gasteiger partial charge in [0, 0.05) is 32.7 Å². The molecule has 32 heavy (non-hydrogen) atoms. The number of hydrogen-bond donors (Lipinski definition) is 1. The Kier molecular flexibility index (Phi) is 7.21. The van der Waals surface area contributed by atoms with Gasteiger partial charge in [0.1, 0.15) is 5.52 Å². The number of nitrogens with zero attached hydrogens (tertiary/aromatic N) is 4. The number of hydrogen-bond acceptors (Lipinski definition) is 7. The topological polar surface area (TPSA) is 123 Å². The highest BCUT2D eigenvalue weighted by atomic mass is 32.2. The lowest BCUT2D eigenvalue weighted by Gasteiger charge is -2.11. The van der Waals surface area contributed by atoms with Crippen molar-refractivity contribution in [1.29, 1.82) is 0 Å². The van der Waals surface area contributed by atoms with Gasteiger partial charge in [-0.25, -0.2) is 22.2 Å². The molecule has 10 nitrogen and oxygen atoms in total. The Hall–Kier alpha value is -3.31. The minimum absolute atomic E-state index is 0.145. The van der Waals surface area contributed by atoms with E-state index in [0.29, 0.717) is 35.2 Å². The van der Waals surface area contributed by atoms with Crippen LogP contribution in [-0.4, -0.2) is 60.3 Å². The first-order valence-corrected chi connectivity index (χ1v) is 11.5. The first-order chi connectivity index (χ1) is 15.2. The number of ether oxygens (including phenoxy) is 1. The van der Waals surface area contributed by atoms with Gasteiger partial charge in [0.25, 0.3) is 0 Å². The van der Waals surface area contributed by atoms with Crippen molar-refractivity contribution >= 4 is 38.6 Å². The summed E-state index contributed by atoms with van der Waals surface area (Å²) in [7, 11) is -0.621. The Morgan fingerprint density at radius 3 is 2.66 bits per heavy atom. The van der Waals surface area contributed by atoms with Crippen LogP contribution >= 0.6 is 0 Å². The van der Waals surface area contributed by atoms with Gasteiger partial charge in [0.2, 0.25) is 15.9 Å². The number of fused-ring (bicyclic) bond motifs is 1. The lowest BCUT2D eigenvalue weighted by atomic mass is 10.2. The molecule has 170 valence electrons. The molecule has 0 radical (unpaired) electrons. The number of esters is 1. The number of rotatable bonds is 9. The maximum atomic E-state index is 12.3. The third kappa shape index (κ3) is 5.29. The molecule has 3 aromatic rings. The standard InChI is InChI=1S/C21H25N5O5S/c1-4-31-21(28)15-7-5-8-16(13-15)22-20(27)9-6-12-26-19-11-10-17(14-18(19)23-24-26)32(29,30)25(2)3/h5,7-8,10-11,13-14H,4,6,9,12H2,1-3H3,(H,22,27). The van der Waals surface area contributed by atoms with Crippen molar-refractivity contribution in [3.63, 3.8) is 0 Å². The molecule has 1 amide bonds. The van der Waals surface area contributed by atoms with Gasteiger partial charge in [-0.2, -0.15) is 0 Å². The average molecular weight is 460 g/mol. The van der Waals surface area contributed by atoms with Crippen molar-refractivity contribution in [3.8, 4) is 0 Å². The highest BCUT2D eigenvalue weighted by Crippen LogP contribution is 2.20.